The lowest BCUT2D eigenvalue weighted by Crippen LogP contribution is -2.11. The van der Waals surface area contributed by atoms with Crippen LogP contribution in [0.1, 0.15) is 27.4 Å². The Bertz CT molecular complexity index is 604. The van der Waals surface area contributed by atoms with Gasteiger partial charge in [0, 0.05) is 13.2 Å². The van der Waals surface area contributed by atoms with Crippen LogP contribution in [0.25, 0.3) is 0 Å². The Labute approximate surface area is 114 Å². The van der Waals surface area contributed by atoms with Crippen LogP contribution >= 0.6 is 15.9 Å². The molecule has 2 rings (SSSR count). The highest BCUT2D eigenvalue weighted by Gasteiger charge is 2.17. The first kappa shape index (κ1) is 13.0. The first-order valence-electron chi connectivity index (χ1n) is 5.63. The van der Waals surface area contributed by atoms with E-state index < -0.39 is 0 Å². The van der Waals surface area contributed by atoms with Crippen molar-refractivity contribution in [1.82, 2.24) is 14.8 Å². The smallest absolute Gasteiger partial charge is 0.187 e. The molecule has 0 N–H and O–H groups in total. The molecule has 0 atom stereocenters. The van der Waals surface area contributed by atoms with Gasteiger partial charge in [0.1, 0.15) is 5.69 Å². The third-order valence-corrected chi connectivity index (χ3v) is 3.89. The van der Waals surface area contributed by atoms with Gasteiger partial charge in [-0.1, -0.05) is 6.07 Å². The van der Waals surface area contributed by atoms with Crippen molar-refractivity contribution in [3.8, 4) is 0 Å². The van der Waals surface area contributed by atoms with Gasteiger partial charge >= 0.3 is 0 Å². The van der Waals surface area contributed by atoms with Crippen LogP contribution in [0, 0.1) is 13.8 Å². The Morgan fingerprint density at radius 2 is 2.17 bits per heavy atom. The second-order valence-electron chi connectivity index (χ2n) is 4.24. The molecular formula is C13H14BrN3O. The predicted octanol–water partition coefficient (Wildman–Crippen LogP) is 2.62. The quantitative estimate of drug-likeness (QED) is 0.819. The third-order valence-electron chi connectivity index (χ3n) is 2.86. The van der Waals surface area contributed by atoms with Gasteiger partial charge in [0.2, 0.25) is 0 Å². The number of Topliss-reactive ketones (excluding diaryl/α,β-unsaturated/α-hetero) is 1. The minimum Gasteiger partial charge on any atom is -0.292 e. The molecule has 0 aliphatic rings. The zero-order chi connectivity index (χ0) is 13.3. The van der Waals surface area contributed by atoms with Gasteiger partial charge in [-0.15, -0.1) is 0 Å². The normalized spacial score (nSPS) is 10.7. The fraction of sp³-hybridized carbons (Fsp3) is 0.308. The lowest BCUT2D eigenvalue weighted by Gasteiger charge is -2.04. The number of carbonyl (C=O) groups is 1. The summed E-state index contributed by atoms with van der Waals surface area (Å²) in [7, 11) is 1.84. The van der Waals surface area contributed by atoms with Crippen LogP contribution in [-0.2, 0) is 13.5 Å². The molecule has 94 valence electrons. The molecule has 0 unspecified atom stereocenters. The van der Waals surface area contributed by atoms with E-state index in [1.54, 1.807) is 10.9 Å². The van der Waals surface area contributed by atoms with Crippen molar-refractivity contribution in [2.24, 2.45) is 7.05 Å². The molecule has 4 nitrogen and oxygen atoms in total. The number of rotatable bonds is 3. The molecule has 0 aromatic carbocycles. The van der Waals surface area contributed by atoms with Crippen molar-refractivity contribution in [2.75, 3.05) is 0 Å². The van der Waals surface area contributed by atoms with Gasteiger partial charge in [0.15, 0.2) is 5.78 Å². The molecule has 2 aromatic heterocycles. The van der Waals surface area contributed by atoms with Crippen LogP contribution in [-0.4, -0.2) is 20.5 Å². The number of halogens is 1. The number of hydrogen-bond donors (Lipinski definition) is 0. The van der Waals surface area contributed by atoms with Gasteiger partial charge in [-0.3, -0.25) is 14.5 Å². The Morgan fingerprint density at radius 1 is 1.44 bits per heavy atom. The highest BCUT2D eigenvalue weighted by atomic mass is 79.9. The molecule has 0 saturated carbocycles. The minimum absolute atomic E-state index is 0.0109. The molecule has 0 spiro atoms. The topological polar surface area (TPSA) is 47.8 Å². The number of pyridine rings is 1. The van der Waals surface area contributed by atoms with E-state index in [4.69, 9.17) is 0 Å². The predicted molar refractivity (Wildman–Crippen MR) is 72.7 cm³/mol. The molecule has 0 radical (unpaired) electrons. The summed E-state index contributed by atoms with van der Waals surface area (Å²) in [6.45, 7) is 3.80. The Morgan fingerprint density at radius 3 is 2.72 bits per heavy atom. The average Bonchev–Trinajstić information content (AvgIpc) is 2.56. The summed E-state index contributed by atoms with van der Waals surface area (Å²) in [6.07, 6.45) is 1.94. The number of ketones is 1. The number of nitrogens with zero attached hydrogens (tertiary/aromatic N) is 3. The van der Waals surface area contributed by atoms with Crippen LogP contribution in [0.5, 0.6) is 0 Å². The second kappa shape index (κ2) is 5.02. The maximum atomic E-state index is 12.2. The van der Waals surface area contributed by atoms with Crippen LogP contribution < -0.4 is 0 Å². The fourth-order valence-electron chi connectivity index (χ4n) is 1.89. The van der Waals surface area contributed by atoms with Crippen molar-refractivity contribution < 1.29 is 4.79 Å². The minimum atomic E-state index is 0.0109. The summed E-state index contributed by atoms with van der Waals surface area (Å²) in [5.41, 5.74) is 3.20. The molecule has 2 heterocycles. The molecule has 0 bridgehead atoms. The Kier molecular flexibility index (Phi) is 3.61. The summed E-state index contributed by atoms with van der Waals surface area (Å²) >= 11 is 3.46. The number of aromatic nitrogens is 3. The third kappa shape index (κ3) is 2.36. The van der Waals surface area contributed by atoms with E-state index in [9.17, 15) is 4.79 Å². The zero-order valence-electron chi connectivity index (χ0n) is 10.6. The van der Waals surface area contributed by atoms with Gasteiger partial charge in [0.05, 0.1) is 22.3 Å². The summed E-state index contributed by atoms with van der Waals surface area (Å²) in [6, 6.07) is 3.72. The number of carbonyl (C=O) groups excluding carboxylic acids is 1. The highest BCUT2D eigenvalue weighted by Crippen LogP contribution is 2.21. The van der Waals surface area contributed by atoms with Crippen molar-refractivity contribution in [3.05, 3.63) is 45.4 Å². The molecule has 2 aromatic rings. The number of hydrogen-bond acceptors (Lipinski definition) is 3. The maximum absolute atomic E-state index is 12.2. The second-order valence-corrected chi connectivity index (χ2v) is 5.03. The fourth-order valence-corrected chi connectivity index (χ4v) is 2.36. The van der Waals surface area contributed by atoms with Crippen LogP contribution in [0.15, 0.2) is 22.8 Å². The first-order chi connectivity index (χ1) is 8.50. The van der Waals surface area contributed by atoms with E-state index in [1.807, 2.05) is 33.0 Å². The standard InChI is InChI=1S/C13H14BrN3O/c1-8-5-4-6-15-13(8)11(18)7-10-12(14)9(2)16-17(10)3/h4-6H,7H2,1-3H3. The van der Waals surface area contributed by atoms with E-state index in [1.165, 1.54) is 0 Å². The summed E-state index contributed by atoms with van der Waals surface area (Å²) in [5, 5.41) is 4.28. The lowest BCUT2D eigenvalue weighted by atomic mass is 10.1. The van der Waals surface area contributed by atoms with E-state index >= 15 is 0 Å². The summed E-state index contributed by atoms with van der Waals surface area (Å²) < 4.78 is 2.63. The monoisotopic (exact) mass is 307 g/mol. The molecule has 0 fully saturated rings. The molecular weight excluding hydrogens is 294 g/mol. The maximum Gasteiger partial charge on any atom is 0.187 e. The molecule has 18 heavy (non-hydrogen) atoms. The van der Waals surface area contributed by atoms with Crippen molar-refractivity contribution in [2.45, 2.75) is 20.3 Å². The summed E-state index contributed by atoms with van der Waals surface area (Å²) in [5.74, 6) is 0.0109. The SMILES string of the molecule is Cc1cccnc1C(=O)Cc1c(Br)c(C)nn1C. The molecule has 0 aliphatic heterocycles. The lowest BCUT2D eigenvalue weighted by molar-refractivity contribution is 0.0985. The molecule has 0 saturated heterocycles. The first-order valence-corrected chi connectivity index (χ1v) is 6.42. The van der Waals surface area contributed by atoms with Crippen molar-refractivity contribution >= 4 is 21.7 Å². The Hall–Kier alpha value is -1.49. The van der Waals surface area contributed by atoms with E-state index in [0.29, 0.717) is 12.1 Å². The van der Waals surface area contributed by atoms with Crippen molar-refractivity contribution in [3.63, 3.8) is 0 Å². The average molecular weight is 308 g/mol. The molecule has 0 aliphatic carbocycles. The molecule has 0 amide bonds. The van der Waals surface area contributed by atoms with Crippen LogP contribution in [0.3, 0.4) is 0 Å². The van der Waals surface area contributed by atoms with E-state index in [2.05, 4.69) is 26.0 Å². The summed E-state index contributed by atoms with van der Waals surface area (Å²) in [4.78, 5) is 16.4. The van der Waals surface area contributed by atoms with Gasteiger partial charge in [-0.2, -0.15) is 5.10 Å². The highest BCUT2D eigenvalue weighted by molar-refractivity contribution is 9.10. The van der Waals surface area contributed by atoms with Crippen LogP contribution in [0.2, 0.25) is 0 Å². The Balaban J connectivity index is 2.30. The van der Waals surface area contributed by atoms with Gasteiger partial charge in [-0.25, -0.2) is 0 Å². The van der Waals surface area contributed by atoms with Gasteiger partial charge in [0.25, 0.3) is 0 Å². The van der Waals surface area contributed by atoms with Gasteiger partial charge in [-0.05, 0) is 41.4 Å². The van der Waals surface area contributed by atoms with Crippen LogP contribution in [0.4, 0.5) is 0 Å². The van der Waals surface area contributed by atoms with E-state index in [-0.39, 0.29) is 5.78 Å². The molecule has 5 heteroatoms. The number of aryl methyl sites for hydroxylation is 3. The van der Waals surface area contributed by atoms with Crippen molar-refractivity contribution in [1.29, 1.82) is 0 Å². The zero-order valence-corrected chi connectivity index (χ0v) is 12.2. The van der Waals surface area contributed by atoms with Gasteiger partial charge < -0.3 is 0 Å². The van der Waals surface area contributed by atoms with E-state index in [0.717, 1.165) is 21.4 Å². The largest absolute Gasteiger partial charge is 0.292 e.